The van der Waals surface area contributed by atoms with E-state index >= 15 is 0 Å². The molecule has 1 amide bonds. The van der Waals surface area contributed by atoms with Gasteiger partial charge < -0.3 is 9.30 Å². The van der Waals surface area contributed by atoms with Gasteiger partial charge in [0.05, 0.1) is 27.4 Å². The molecule has 0 aliphatic carbocycles. The van der Waals surface area contributed by atoms with Gasteiger partial charge >= 0.3 is 0 Å². The van der Waals surface area contributed by atoms with Crippen molar-refractivity contribution in [3.05, 3.63) is 61.3 Å². The summed E-state index contributed by atoms with van der Waals surface area (Å²) in [6.45, 7) is 5.58. The summed E-state index contributed by atoms with van der Waals surface area (Å²) in [6, 6.07) is 8.53. The molecule has 2 aromatic carbocycles. The lowest BCUT2D eigenvalue weighted by molar-refractivity contribution is 0.0997. The molecule has 3 rings (SSSR count). The van der Waals surface area contributed by atoms with Gasteiger partial charge in [-0.3, -0.25) is 4.79 Å². The molecule has 8 heteroatoms. The number of carbonyl (C=O) groups is 1. The highest BCUT2D eigenvalue weighted by molar-refractivity contribution is 7.16. The maximum absolute atomic E-state index is 12.7. The molecule has 3 aromatic rings. The zero-order valence-electron chi connectivity index (χ0n) is 14.8. The smallest absolute Gasteiger partial charge is 0.281 e. The third-order valence-corrected chi connectivity index (χ3v) is 6.07. The Morgan fingerprint density at radius 3 is 2.67 bits per heavy atom. The maximum Gasteiger partial charge on any atom is 0.281 e. The Morgan fingerprint density at radius 1 is 1.19 bits per heavy atom. The lowest BCUT2D eigenvalue weighted by atomic mass is 10.2. The fraction of sp³-hybridized carbons (Fsp3) is 0.263. The normalized spacial score (nSPS) is 12.1. The minimum atomic E-state index is -0.442. The molecule has 0 N–H and O–H groups in total. The number of thiazole rings is 1. The Bertz CT molecular complexity index is 1070. The van der Waals surface area contributed by atoms with Gasteiger partial charge in [0.25, 0.3) is 5.91 Å². The van der Waals surface area contributed by atoms with Crippen LogP contribution in [0.2, 0.25) is 15.1 Å². The van der Waals surface area contributed by atoms with E-state index in [1.165, 1.54) is 17.4 Å². The van der Waals surface area contributed by atoms with Gasteiger partial charge in [-0.05, 0) is 49.7 Å². The van der Waals surface area contributed by atoms with Crippen LogP contribution in [0.15, 0.2) is 35.3 Å². The minimum Gasteiger partial charge on any atom is -0.380 e. The van der Waals surface area contributed by atoms with Crippen LogP contribution in [0, 0.1) is 6.92 Å². The highest BCUT2D eigenvalue weighted by atomic mass is 35.5. The first-order valence-electron chi connectivity index (χ1n) is 8.32. The summed E-state index contributed by atoms with van der Waals surface area (Å²) in [5.74, 6) is -0.442. The van der Waals surface area contributed by atoms with E-state index in [-0.39, 0.29) is 5.56 Å². The van der Waals surface area contributed by atoms with Crippen molar-refractivity contribution in [3.8, 4) is 0 Å². The second kappa shape index (κ2) is 8.76. The molecule has 0 saturated carbocycles. The van der Waals surface area contributed by atoms with Gasteiger partial charge in [0.15, 0.2) is 4.80 Å². The van der Waals surface area contributed by atoms with Crippen molar-refractivity contribution in [2.24, 2.45) is 4.99 Å². The van der Waals surface area contributed by atoms with Crippen LogP contribution in [0.4, 0.5) is 0 Å². The lowest BCUT2D eigenvalue weighted by Gasteiger charge is -2.08. The van der Waals surface area contributed by atoms with E-state index in [0.717, 1.165) is 15.8 Å². The highest BCUT2D eigenvalue weighted by Gasteiger charge is 2.14. The molecule has 27 heavy (non-hydrogen) atoms. The Morgan fingerprint density at radius 2 is 1.93 bits per heavy atom. The Labute approximate surface area is 176 Å². The molecular formula is C19H17Cl3N2O2S. The van der Waals surface area contributed by atoms with Crippen LogP contribution < -0.4 is 4.80 Å². The monoisotopic (exact) mass is 442 g/mol. The third-order valence-electron chi connectivity index (χ3n) is 4.05. The molecule has 1 aromatic heterocycles. The van der Waals surface area contributed by atoms with Crippen molar-refractivity contribution in [3.63, 3.8) is 0 Å². The third kappa shape index (κ3) is 4.39. The standard InChI is InChI=1S/C19H17Cl3N2O2S/c1-3-26-9-8-24-17-11(2)14(21)6-7-16(17)27-19(24)23-18(25)13-10-12(20)4-5-15(13)22/h4-7,10H,3,8-9H2,1-2H3. The number of rotatable bonds is 5. The Hall–Kier alpha value is -1.37. The first-order valence-corrected chi connectivity index (χ1v) is 10.3. The van der Waals surface area contributed by atoms with E-state index < -0.39 is 5.91 Å². The van der Waals surface area contributed by atoms with Gasteiger partial charge in [-0.25, -0.2) is 0 Å². The number of halogens is 3. The first-order chi connectivity index (χ1) is 12.9. The van der Waals surface area contributed by atoms with Crippen LogP contribution in [0.1, 0.15) is 22.8 Å². The molecule has 4 nitrogen and oxygen atoms in total. The van der Waals surface area contributed by atoms with E-state index in [9.17, 15) is 4.79 Å². The summed E-state index contributed by atoms with van der Waals surface area (Å²) < 4.78 is 8.45. The number of benzene rings is 2. The van der Waals surface area contributed by atoms with Crippen molar-refractivity contribution in [2.45, 2.75) is 20.4 Å². The van der Waals surface area contributed by atoms with Crippen LogP contribution in [-0.2, 0) is 11.3 Å². The van der Waals surface area contributed by atoms with Gasteiger partial charge in [-0.2, -0.15) is 4.99 Å². The molecule has 0 fully saturated rings. The van der Waals surface area contributed by atoms with Gasteiger partial charge in [0, 0.05) is 23.2 Å². The number of fused-ring (bicyclic) bond motifs is 1. The van der Waals surface area contributed by atoms with Crippen molar-refractivity contribution >= 4 is 62.3 Å². The predicted octanol–water partition coefficient (Wildman–Crippen LogP) is 5.75. The van der Waals surface area contributed by atoms with Gasteiger partial charge in [-0.15, -0.1) is 0 Å². The number of nitrogens with zero attached hydrogens (tertiary/aromatic N) is 2. The minimum absolute atomic E-state index is 0.271. The number of aromatic nitrogens is 1. The maximum atomic E-state index is 12.7. The van der Waals surface area contributed by atoms with Crippen LogP contribution in [0.25, 0.3) is 10.2 Å². The molecule has 0 saturated heterocycles. The largest absolute Gasteiger partial charge is 0.380 e. The number of hydrogen-bond acceptors (Lipinski definition) is 3. The SMILES string of the molecule is CCOCCn1c(=NC(=O)c2cc(Cl)ccc2Cl)sc2ccc(Cl)c(C)c21. The number of ether oxygens (including phenoxy) is 1. The molecule has 0 atom stereocenters. The van der Waals surface area contributed by atoms with Gasteiger partial charge in [-0.1, -0.05) is 46.1 Å². The zero-order chi connectivity index (χ0) is 19.6. The van der Waals surface area contributed by atoms with Crippen LogP contribution >= 0.6 is 46.1 Å². The predicted molar refractivity (Wildman–Crippen MR) is 112 cm³/mol. The van der Waals surface area contributed by atoms with Gasteiger partial charge in [0.2, 0.25) is 0 Å². The molecule has 0 radical (unpaired) electrons. The molecule has 0 spiro atoms. The van der Waals surface area contributed by atoms with Crippen molar-refractivity contribution in [1.29, 1.82) is 0 Å². The number of aryl methyl sites for hydroxylation is 1. The average molecular weight is 444 g/mol. The molecule has 0 aliphatic rings. The molecule has 142 valence electrons. The van der Waals surface area contributed by atoms with E-state index in [1.807, 2.05) is 30.5 Å². The highest BCUT2D eigenvalue weighted by Crippen LogP contribution is 2.27. The van der Waals surface area contributed by atoms with Crippen molar-refractivity contribution < 1.29 is 9.53 Å². The molecule has 0 aliphatic heterocycles. The lowest BCUT2D eigenvalue weighted by Crippen LogP contribution is -2.20. The molecule has 1 heterocycles. The quantitative estimate of drug-likeness (QED) is 0.471. The van der Waals surface area contributed by atoms with Crippen LogP contribution in [0.3, 0.4) is 0 Å². The summed E-state index contributed by atoms with van der Waals surface area (Å²) in [5, 5.41) is 1.41. The van der Waals surface area contributed by atoms with Crippen molar-refractivity contribution in [1.82, 2.24) is 4.57 Å². The van der Waals surface area contributed by atoms with Crippen LogP contribution in [-0.4, -0.2) is 23.7 Å². The molecule has 0 bridgehead atoms. The van der Waals surface area contributed by atoms with Crippen LogP contribution in [0.5, 0.6) is 0 Å². The fourth-order valence-corrected chi connectivity index (χ4v) is 4.35. The van der Waals surface area contributed by atoms with Crippen molar-refractivity contribution in [2.75, 3.05) is 13.2 Å². The second-order valence-corrected chi connectivity index (χ2v) is 8.05. The summed E-state index contributed by atoms with van der Waals surface area (Å²) >= 11 is 19.9. The van der Waals surface area contributed by atoms with Gasteiger partial charge in [0.1, 0.15) is 0 Å². The second-order valence-electron chi connectivity index (χ2n) is 5.79. The average Bonchev–Trinajstić information content (AvgIpc) is 2.98. The zero-order valence-corrected chi connectivity index (χ0v) is 17.8. The number of carbonyl (C=O) groups excluding carboxylic acids is 1. The molecular weight excluding hydrogens is 427 g/mol. The van der Waals surface area contributed by atoms with E-state index in [1.54, 1.807) is 12.1 Å². The van der Waals surface area contributed by atoms with E-state index in [4.69, 9.17) is 39.5 Å². The first kappa shape index (κ1) is 20.4. The topological polar surface area (TPSA) is 43.6 Å². The fourth-order valence-electron chi connectivity index (χ4n) is 2.72. The summed E-state index contributed by atoms with van der Waals surface area (Å²) in [7, 11) is 0. The number of hydrogen-bond donors (Lipinski definition) is 0. The number of amides is 1. The summed E-state index contributed by atoms with van der Waals surface area (Å²) in [6.07, 6.45) is 0. The summed E-state index contributed by atoms with van der Waals surface area (Å²) in [5.41, 5.74) is 2.17. The van der Waals surface area contributed by atoms with E-state index in [0.29, 0.717) is 39.6 Å². The Balaban J connectivity index is 2.16. The van der Waals surface area contributed by atoms with E-state index in [2.05, 4.69) is 4.99 Å². The molecule has 0 unspecified atom stereocenters. The summed E-state index contributed by atoms with van der Waals surface area (Å²) in [4.78, 5) is 17.6. The Kier molecular flexibility index (Phi) is 6.61.